The van der Waals surface area contributed by atoms with Crippen LogP contribution in [0.5, 0.6) is 0 Å². The first kappa shape index (κ1) is 25.1. The zero-order chi connectivity index (χ0) is 21.6. The summed E-state index contributed by atoms with van der Waals surface area (Å²) in [6.45, 7) is 19.6. The first-order chi connectivity index (χ1) is 14.7. The van der Waals surface area contributed by atoms with Crippen molar-refractivity contribution in [3.63, 3.8) is 0 Å². The summed E-state index contributed by atoms with van der Waals surface area (Å²) in [5, 5.41) is 1.30. The summed E-state index contributed by atoms with van der Waals surface area (Å²) in [5.41, 5.74) is 0. The van der Waals surface area contributed by atoms with E-state index in [2.05, 4.69) is 103 Å². The standard InChI is InChI=1S/C26H42AsN3/c1-5-28(6-2)21-23-30(24-22-29(7-3)8-4)20-19-27(25-15-11-9-12-16-25)26-17-13-10-14-18-26/h9-18H,5-8,19-24H2,1-4H3. The Kier molecular flexibility index (Phi) is 12.4. The molecule has 0 amide bonds. The number of hydrogen-bond donors (Lipinski definition) is 0. The topological polar surface area (TPSA) is 9.72 Å². The van der Waals surface area contributed by atoms with Gasteiger partial charge in [-0.3, -0.25) is 0 Å². The Hall–Kier alpha value is -1.12. The number of likely N-dealkylation sites (N-methyl/N-ethyl adjacent to an activating group) is 2. The molecule has 3 nitrogen and oxygen atoms in total. The third-order valence-corrected chi connectivity index (χ3v) is 11.3. The molecule has 0 saturated carbocycles. The Morgan fingerprint density at radius 2 is 0.867 bits per heavy atom. The summed E-state index contributed by atoms with van der Waals surface area (Å²) < 4.78 is 3.15. The molecule has 0 aromatic heterocycles. The van der Waals surface area contributed by atoms with Crippen LogP contribution in [0.4, 0.5) is 0 Å². The van der Waals surface area contributed by atoms with Gasteiger partial charge >= 0.3 is 191 Å². The quantitative estimate of drug-likeness (QED) is 0.369. The van der Waals surface area contributed by atoms with Gasteiger partial charge < -0.3 is 0 Å². The molecule has 0 saturated heterocycles. The van der Waals surface area contributed by atoms with Crippen LogP contribution < -0.4 is 8.70 Å². The molecule has 4 heteroatoms. The second-order valence-corrected chi connectivity index (χ2v) is 12.6. The van der Waals surface area contributed by atoms with Gasteiger partial charge in [-0.1, -0.05) is 0 Å². The van der Waals surface area contributed by atoms with Crippen LogP contribution in [0.1, 0.15) is 27.7 Å². The van der Waals surface area contributed by atoms with E-state index in [9.17, 15) is 0 Å². The molecule has 166 valence electrons. The van der Waals surface area contributed by atoms with E-state index in [1.54, 1.807) is 8.70 Å². The molecule has 0 spiro atoms. The van der Waals surface area contributed by atoms with Crippen molar-refractivity contribution in [2.24, 2.45) is 0 Å². The van der Waals surface area contributed by atoms with Crippen LogP contribution in [-0.4, -0.2) is 88.3 Å². The van der Waals surface area contributed by atoms with Gasteiger partial charge in [-0.05, 0) is 0 Å². The van der Waals surface area contributed by atoms with Gasteiger partial charge in [0.25, 0.3) is 0 Å². The number of hydrogen-bond acceptors (Lipinski definition) is 3. The van der Waals surface area contributed by atoms with Crippen LogP contribution in [0.3, 0.4) is 0 Å². The van der Waals surface area contributed by atoms with Gasteiger partial charge in [-0.25, -0.2) is 0 Å². The molecule has 0 N–H and O–H groups in total. The fourth-order valence-corrected chi connectivity index (χ4v) is 8.80. The summed E-state index contributed by atoms with van der Waals surface area (Å²) in [6, 6.07) is 22.5. The van der Waals surface area contributed by atoms with E-state index in [1.807, 2.05) is 0 Å². The average molecular weight is 472 g/mol. The molecule has 2 aromatic rings. The monoisotopic (exact) mass is 471 g/mol. The fourth-order valence-electron chi connectivity index (χ4n) is 3.85. The molecule has 2 rings (SSSR count). The maximum atomic E-state index is 2.73. The van der Waals surface area contributed by atoms with Gasteiger partial charge in [0.05, 0.1) is 0 Å². The SMILES string of the molecule is CCN(CC)CCN(CCN(CC)CC)CC[As](c1ccccc1)c1ccccc1. The van der Waals surface area contributed by atoms with Crippen molar-refractivity contribution in [2.75, 3.05) is 58.9 Å². The minimum absolute atomic E-state index is 1.15. The molecule has 30 heavy (non-hydrogen) atoms. The Balaban J connectivity index is 2.08. The molecule has 0 unspecified atom stereocenters. The van der Waals surface area contributed by atoms with Gasteiger partial charge in [0.2, 0.25) is 0 Å². The summed E-state index contributed by atoms with van der Waals surface area (Å²) in [6.07, 6.45) is 0. The summed E-state index contributed by atoms with van der Waals surface area (Å²) >= 11 is -1.29. The second-order valence-electron chi connectivity index (χ2n) is 7.72. The summed E-state index contributed by atoms with van der Waals surface area (Å²) in [7, 11) is 0. The van der Waals surface area contributed by atoms with E-state index in [-0.39, 0.29) is 0 Å². The molecule has 0 aliphatic carbocycles. The van der Waals surface area contributed by atoms with Crippen LogP contribution in [0.2, 0.25) is 5.21 Å². The molecule has 0 aliphatic heterocycles. The Morgan fingerprint density at radius 1 is 0.500 bits per heavy atom. The molecule has 2 aromatic carbocycles. The van der Waals surface area contributed by atoms with Crippen molar-refractivity contribution in [1.82, 2.24) is 14.7 Å². The van der Waals surface area contributed by atoms with Gasteiger partial charge in [0.15, 0.2) is 0 Å². The molecule has 0 atom stereocenters. The van der Waals surface area contributed by atoms with Crippen LogP contribution >= 0.6 is 0 Å². The third kappa shape index (κ3) is 8.55. The number of nitrogens with zero attached hydrogens (tertiary/aromatic N) is 3. The Morgan fingerprint density at radius 3 is 1.23 bits per heavy atom. The van der Waals surface area contributed by atoms with E-state index in [0.717, 1.165) is 26.2 Å². The van der Waals surface area contributed by atoms with Crippen molar-refractivity contribution >= 4 is 23.4 Å². The molecular formula is C26H42AsN3. The van der Waals surface area contributed by atoms with E-state index in [0.29, 0.717) is 0 Å². The van der Waals surface area contributed by atoms with Crippen molar-refractivity contribution in [3.8, 4) is 0 Å². The fraction of sp³-hybridized carbons (Fsp3) is 0.538. The Bertz CT molecular complexity index is 601. The second kappa shape index (κ2) is 14.8. The zero-order valence-electron chi connectivity index (χ0n) is 19.6. The molecule has 0 aliphatic rings. The maximum absolute atomic E-state index is 2.73. The predicted octanol–water partition coefficient (Wildman–Crippen LogP) is 3.28. The van der Waals surface area contributed by atoms with Crippen molar-refractivity contribution < 1.29 is 0 Å². The molecule has 0 bridgehead atoms. The normalized spacial score (nSPS) is 11.9. The molecule has 0 heterocycles. The first-order valence-corrected chi connectivity index (χ1v) is 15.0. The molecule has 0 fully saturated rings. The van der Waals surface area contributed by atoms with E-state index < -0.39 is 14.7 Å². The van der Waals surface area contributed by atoms with Gasteiger partial charge in [-0.15, -0.1) is 0 Å². The minimum atomic E-state index is -1.29. The predicted molar refractivity (Wildman–Crippen MR) is 135 cm³/mol. The first-order valence-electron chi connectivity index (χ1n) is 11.8. The Labute approximate surface area is 190 Å². The van der Waals surface area contributed by atoms with Gasteiger partial charge in [0, 0.05) is 0 Å². The van der Waals surface area contributed by atoms with E-state index in [4.69, 9.17) is 0 Å². The van der Waals surface area contributed by atoms with Crippen molar-refractivity contribution in [1.29, 1.82) is 0 Å². The van der Waals surface area contributed by atoms with Crippen molar-refractivity contribution in [3.05, 3.63) is 60.7 Å². The van der Waals surface area contributed by atoms with Crippen molar-refractivity contribution in [2.45, 2.75) is 32.9 Å². The van der Waals surface area contributed by atoms with Crippen LogP contribution in [-0.2, 0) is 0 Å². The van der Waals surface area contributed by atoms with Crippen LogP contribution in [0, 0.1) is 0 Å². The molecule has 0 radical (unpaired) electrons. The van der Waals surface area contributed by atoms with Crippen LogP contribution in [0.15, 0.2) is 60.7 Å². The summed E-state index contributed by atoms with van der Waals surface area (Å²) in [5.74, 6) is 0. The number of benzene rings is 2. The van der Waals surface area contributed by atoms with Crippen LogP contribution in [0.25, 0.3) is 0 Å². The zero-order valence-corrected chi connectivity index (χ0v) is 21.5. The van der Waals surface area contributed by atoms with E-state index >= 15 is 0 Å². The van der Waals surface area contributed by atoms with Gasteiger partial charge in [0.1, 0.15) is 0 Å². The number of rotatable bonds is 15. The summed E-state index contributed by atoms with van der Waals surface area (Å²) in [4.78, 5) is 7.83. The van der Waals surface area contributed by atoms with Gasteiger partial charge in [-0.2, -0.15) is 0 Å². The average Bonchev–Trinajstić information content (AvgIpc) is 2.81. The van der Waals surface area contributed by atoms with E-state index in [1.165, 1.54) is 37.9 Å². The molecular weight excluding hydrogens is 429 g/mol. The third-order valence-electron chi connectivity index (χ3n) is 6.03.